The van der Waals surface area contributed by atoms with E-state index >= 15 is 0 Å². The topological polar surface area (TPSA) is 17.8 Å². The van der Waals surface area contributed by atoms with Gasteiger partial charge in [-0.2, -0.15) is 5.10 Å². The maximum atomic E-state index is 13.4. The first-order valence-corrected chi connectivity index (χ1v) is 6.47. The van der Waals surface area contributed by atoms with E-state index in [-0.39, 0.29) is 5.02 Å². The summed E-state index contributed by atoms with van der Waals surface area (Å²) in [6.07, 6.45) is 0. The largest absolute Gasteiger partial charge is 0.265 e. The van der Waals surface area contributed by atoms with Crippen LogP contribution in [0.15, 0.2) is 18.2 Å². The number of alkyl halides is 1. The number of rotatable bonds is 3. The molecule has 2 rings (SSSR count). The lowest BCUT2D eigenvalue weighted by Crippen LogP contribution is -2.05. The van der Waals surface area contributed by atoms with E-state index in [4.69, 9.17) is 23.2 Å². The van der Waals surface area contributed by atoms with Gasteiger partial charge in [-0.15, -0.1) is 11.6 Å². The lowest BCUT2D eigenvalue weighted by Gasteiger charge is -2.07. The highest BCUT2D eigenvalue weighted by Crippen LogP contribution is 2.22. The third-order valence-corrected chi connectivity index (χ3v) is 3.71. The lowest BCUT2D eigenvalue weighted by molar-refractivity contribution is 0.616. The zero-order valence-electron chi connectivity index (χ0n) is 10.2. The summed E-state index contributed by atoms with van der Waals surface area (Å²) in [5.41, 5.74) is 3.62. The van der Waals surface area contributed by atoms with Gasteiger partial charge in [0.2, 0.25) is 0 Å². The molecule has 1 aromatic heterocycles. The third kappa shape index (κ3) is 2.38. The van der Waals surface area contributed by atoms with E-state index < -0.39 is 5.82 Å². The summed E-state index contributed by atoms with van der Waals surface area (Å²) in [5.74, 6) is 0.0161. The maximum absolute atomic E-state index is 13.4. The van der Waals surface area contributed by atoms with Crippen LogP contribution >= 0.6 is 23.2 Å². The molecule has 1 heterocycles. The van der Waals surface area contributed by atoms with Crippen molar-refractivity contribution in [1.82, 2.24) is 9.78 Å². The van der Waals surface area contributed by atoms with Crippen molar-refractivity contribution in [3.05, 3.63) is 51.6 Å². The number of nitrogens with zero attached hydrogens (tertiary/aromatic N) is 2. The minimum absolute atomic E-state index is 0.150. The molecule has 0 saturated heterocycles. The van der Waals surface area contributed by atoms with Crippen LogP contribution in [0.2, 0.25) is 5.02 Å². The predicted molar refractivity (Wildman–Crippen MR) is 71.8 cm³/mol. The predicted octanol–water partition coefficient (Wildman–Crippen LogP) is 4.08. The minimum atomic E-state index is -0.409. The molecule has 0 amide bonds. The van der Waals surface area contributed by atoms with Crippen LogP contribution in [0.1, 0.15) is 22.5 Å². The van der Waals surface area contributed by atoms with Gasteiger partial charge in [-0.1, -0.05) is 23.7 Å². The van der Waals surface area contributed by atoms with Gasteiger partial charge in [-0.3, -0.25) is 4.68 Å². The molecule has 2 aromatic rings. The molecule has 0 fully saturated rings. The van der Waals surface area contributed by atoms with E-state index in [1.54, 1.807) is 16.8 Å². The summed E-state index contributed by atoms with van der Waals surface area (Å²) < 4.78 is 15.1. The normalized spacial score (nSPS) is 10.9. The second-order valence-corrected chi connectivity index (χ2v) is 4.80. The van der Waals surface area contributed by atoms with E-state index in [1.807, 2.05) is 13.8 Å². The minimum Gasteiger partial charge on any atom is -0.265 e. The highest BCUT2D eigenvalue weighted by Gasteiger charge is 2.12. The summed E-state index contributed by atoms with van der Waals surface area (Å²) in [7, 11) is 0. The monoisotopic (exact) mass is 286 g/mol. The molecule has 0 spiro atoms. The van der Waals surface area contributed by atoms with Crippen molar-refractivity contribution in [2.24, 2.45) is 0 Å². The number of hydrogen-bond acceptors (Lipinski definition) is 1. The summed E-state index contributed by atoms with van der Waals surface area (Å²) in [4.78, 5) is 0. The summed E-state index contributed by atoms with van der Waals surface area (Å²) in [6, 6.07) is 4.78. The fourth-order valence-corrected chi connectivity index (χ4v) is 2.49. The molecule has 18 heavy (non-hydrogen) atoms. The Morgan fingerprint density at radius 1 is 1.33 bits per heavy atom. The summed E-state index contributed by atoms with van der Waals surface area (Å²) in [6.45, 7) is 4.31. The maximum Gasteiger partial charge on any atom is 0.142 e. The van der Waals surface area contributed by atoms with E-state index in [2.05, 4.69) is 5.10 Å². The van der Waals surface area contributed by atoms with Crippen LogP contribution in [-0.2, 0) is 12.4 Å². The highest BCUT2D eigenvalue weighted by molar-refractivity contribution is 6.31. The van der Waals surface area contributed by atoms with E-state index in [1.165, 1.54) is 6.07 Å². The number of benzene rings is 1. The van der Waals surface area contributed by atoms with Crippen molar-refractivity contribution >= 4 is 23.2 Å². The quantitative estimate of drug-likeness (QED) is 0.778. The van der Waals surface area contributed by atoms with Gasteiger partial charge in [0.15, 0.2) is 0 Å². The highest BCUT2D eigenvalue weighted by atomic mass is 35.5. The second-order valence-electron chi connectivity index (χ2n) is 4.15. The Hall–Kier alpha value is -1.06. The Balaban J connectivity index is 2.37. The van der Waals surface area contributed by atoms with Crippen molar-refractivity contribution < 1.29 is 4.39 Å². The fourth-order valence-electron chi connectivity index (χ4n) is 1.91. The third-order valence-electron chi connectivity index (χ3n) is 3.02. The number of aryl methyl sites for hydroxylation is 1. The van der Waals surface area contributed by atoms with Gasteiger partial charge >= 0.3 is 0 Å². The van der Waals surface area contributed by atoms with Gasteiger partial charge in [0, 0.05) is 11.3 Å². The van der Waals surface area contributed by atoms with Crippen LogP contribution in [0.5, 0.6) is 0 Å². The van der Waals surface area contributed by atoms with E-state index in [0.29, 0.717) is 18.0 Å². The molecular formula is C13H13Cl2FN2. The molecule has 5 heteroatoms. The van der Waals surface area contributed by atoms with Crippen molar-refractivity contribution in [2.45, 2.75) is 26.3 Å². The lowest BCUT2D eigenvalue weighted by atomic mass is 10.2. The molecule has 1 aromatic carbocycles. The van der Waals surface area contributed by atoms with Crippen molar-refractivity contribution in [3.8, 4) is 0 Å². The Morgan fingerprint density at radius 3 is 2.67 bits per heavy atom. The van der Waals surface area contributed by atoms with Gasteiger partial charge in [0.05, 0.1) is 23.1 Å². The first kappa shape index (κ1) is 13.4. The average molecular weight is 287 g/mol. The van der Waals surface area contributed by atoms with Gasteiger partial charge in [0.1, 0.15) is 5.82 Å². The second kappa shape index (κ2) is 5.29. The summed E-state index contributed by atoms with van der Waals surface area (Å²) in [5, 5.41) is 4.55. The molecule has 0 bridgehead atoms. The number of aromatic nitrogens is 2. The van der Waals surface area contributed by atoms with Gasteiger partial charge in [-0.25, -0.2) is 4.39 Å². The van der Waals surface area contributed by atoms with Crippen LogP contribution in [0.3, 0.4) is 0 Å². The van der Waals surface area contributed by atoms with Crippen LogP contribution in [-0.4, -0.2) is 9.78 Å². The van der Waals surface area contributed by atoms with Gasteiger partial charge in [0.25, 0.3) is 0 Å². The molecule has 0 saturated carbocycles. The standard InChI is InChI=1S/C13H13Cl2FN2/c1-8-11(6-14)9(2)18(17-8)7-10-4-3-5-12(16)13(10)15/h3-5H,6-7H2,1-2H3. The Labute approximate surface area is 115 Å². The zero-order chi connectivity index (χ0) is 13.3. The van der Waals surface area contributed by atoms with Crippen LogP contribution in [0.4, 0.5) is 4.39 Å². The molecule has 0 N–H and O–H groups in total. The Kier molecular flexibility index (Phi) is 3.93. The van der Waals surface area contributed by atoms with E-state index in [9.17, 15) is 4.39 Å². The van der Waals surface area contributed by atoms with E-state index in [0.717, 1.165) is 17.0 Å². The smallest absolute Gasteiger partial charge is 0.142 e. The fraction of sp³-hybridized carbons (Fsp3) is 0.308. The van der Waals surface area contributed by atoms with Crippen LogP contribution in [0.25, 0.3) is 0 Å². The van der Waals surface area contributed by atoms with Gasteiger partial charge < -0.3 is 0 Å². The van der Waals surface area contributed by atoms with Crippen molar-refractivity contribution in [2.75, 3.05) is 0 Å². The van der Waals surface area contributed by atoms with Crippen molar-refractivity contribution in [3.63, 3.8) is 0 Å². The Morgan fingerprint density at radius 2 is 2.06 bits per heavy atom. The first-order valence-electron chi connectivity index (χ1n) is 5.56. The SMILES string of the molecule is Cc1nn(Cc2cccc(F)c2Cl)c(C)c1CCl. The van der Waals surface area contributed by atoms with Crippen LogP contribution in [0, 0.1) is 19.7 Å². The Bertz CT molecular complexity index is 579. The molecular weight excluding hydrogens is 274 g/mol. The molecule has 0 aliphatic rings. The zero-order valence-corrected chi connectivity index (χ0v) is 11.7. The molecule has 0 aliphatic carbocycles. The molecule has 0 unspecified atom stereocenters. The molecule has 2 nitrogen and oxygen atoms in total. The molecule has 0 radical (unpaired) electrons. The van der Waals surface area contributed by atoms with Gasteiger partial charge in [-0.05, 0) is 25.5 Å². The molecule has 0 aliphatic heterocycles. The number of halogens is 3. The number of hydrogen-bond donors (Lipinski definition) is 0. The molecule has 0 atom stereocenters. The molecule has 96 valence electrons. The average Bonchev–Trinajstić information content (AvgIpc) is 2.60. The van der Waals surface area contributed by atoms with Crippen molar-refractivity contribution in [1.29, 1.82) is 0 Å². The summed E-state index contributed by atoms with van der Waals surface area (Å²) >= 11 is 11.8. The van der Waals surface area contributed by atoms with Crippen LogP contribution < -0.4 is 0 Å². The first-order chi connectivity index (χ1) is 8.54.